The van der Waals surface area contributed by atoms with Crippen molar-refractivity contribution >= 4 is 62.9 Å². The van der Waals surface area contributed by atoms with Gasteiger partial charge >= 0.3 is 0 Å². The molecule has 4 aromatic rings. The summed E-state index contributed by atoms with van der Waals surface area (Å²) < 4.78 is 11.8. The fourth-order valence-electron chi connectivity index (χ4n) is 3.97. The molecule has 0 aliphatic carbocycles. The van der Waals surface area contributed by atoms with Crippen molar-refractivity contribution in [3.8, 4) is 11.5 Å². The van der Waals surface area contributed by atoms with E-state index in [-0.39, 0.29) is 16.9 Å². The van der Waals surface area contributed by atoms with E-state index in [0.29, 0.717) is 34.0 Å². The third-order valence-electron chi connectivity index (χ3n) is 6.17. The number of para-hydroxylation sites is 1. The third kappa shape index (κ3) is 8.73. The zero-order chi connectivity index (χ0) is 30.8. The molecule has 8 nitrogen and oxygen atoms in total. The molecule has 1 unspecified atom stereocenters. The van der Waals surface area contributed by atoms with Crippen molar-refractivity contribution < 1.29 is 23.9 Å². The van der Waals surface area contributed by atoms with Crippen LogP contribution in [0.2, 0.25) is 0 Å². The van der Waals surface area contributed by atoms with Gasteiger partial charge in [-0.1, -0.05) is 46.3 Å². The van der Waals surface area contributed by atoms with Crippen molar-refractivity contribution in [2.24, 2.45) is 0 Å². The monoisotopic (exact) mass is 659 g/mol. The average molecular weight is 661 g/mol. The molecule has 43 heavy (non-hydrogen) atoms. The number of rotatable bonds is 11. The SMILES string of the molecule is COc1cccc(/C=C(\NC(=O)c2ccccc2)C(=O)Nc2ccc(SC(C)C(=O)Nc3ccc(Br)cc3)cc2)c1OC. The van der Waals surface area contributed by atoms with Gasteiger partial charge in [0.15, 0.2) is 11.5 Å². The molecule has 0 aromatic heterocycles. The molecule has 0 spiro atoms. The Bertz CT molecular complexity index is 1610. The second kappa shape index (κ2) is 15.1. The highest BCUT2D eigenvalue weighted by Gasteiger charge is 2.18. The summed E-state index contributed by atoms with van der Waals surface area (Å²) in [5.74, 6) is -0.188. The van der Waals surface area contributed by atoms with Gasteiger partial charge in [-0.15, -0.1) is 11.8 Å². The lowest BCUT2D eigenvalue weighted by Gasteiger charge is -2.14. The average Bonchev–Trinajstić information content (AvgIpc) is 3.02. The first-order chi connectivity index (χ1) is 20.8. The Labute approximate surface area is 263 Å². The maximum atomic E-state index is 13.5. The number of ether oxygens (including phenoxy) is 2. The van der Waals surface area contributed by atoms with Crippen LogP contribution in [0.5, 0.6) is 11.5 Å². The molecule has 4 rings (SSSR count). The number of amides is 3. The number of anilines is 2. The predicted molar refractivity (Wildman–Crippen MR) is 175 cm³/mol. The Hall–Kier alpha value is -4.54. The maximum Gasteiger partial charge on any atom is 0.272 e. The van der Waals surface area contributed by atoms with Crippen LogP contribution in [0, 0.1) is 0 Å². The van der Waals surface area contributed by atoms with E-state index in [9.17, 15) is 14.4 Å². The Kier molecular flexibility index (Phi) is 11.0. The van der Waals surface area contributed by atoms with Crippen LogP contribution < -0.4 is 25.4 Å². The number of thioether (sulfide) groups is 1. The summed E-state index contributed by atoms with van der Waals surface area (Å²) in [7, 11) is 3.02. The molecule has 1 atom stereocenters. The molecule has 10 heteroatoms. The van der Waals surface area contributed by atoms with E-state index in [1.807, 2.05) is 43.3 Å². The summed E-state index contributed by atoms with van der Waals surface area (Å²) >= 11 is 4.78. The van der Waals surface area contributed by atoms with Crippen molar-refractivity contribution in [2.45, 2.75) is 17.1 Å². The smallest absolute Gasteiger partial charge is 0.272 e. The van der Waals surface area contributed by atoms with Gasteiger partial charge in [-0.3, -0.25) is 14.4 Å². The van der Waals surface area contributed by atoms with Crippen LogP contribution in [-0.4, -0.2) is 37.2 Å². The number of methoxy groups -OCH3 is 2. The Morgan fingerprint density at radius 2 is 1.44 bits per heavy atom. The normalized spacial score (nSPS) is 11.7. The number of hydrogen-bond acceptors (Lipinski definition) is 6. The fourth-order valence-corrected chi connectivity index (χ4v) is 5.11. The second-order valence-corrected chi connectivity index (χ2v) is 11.5. The molecule has 0 fully saturated rings. The topological polar surface area (TPSA) is 106 Å². The summed E-state index contributed by atoms with van der Waals surface area (Å²) in [5, 5.41) is 8.12. The number of nitrogens with one attached hydrogen (secondary N) is 3. The Morgan fingerprint density at radius 3 is 2.09 bits per heavy atom. The van der Waals surface area contributed by atoms with Gasteiger partial charge in [0.1, 0.15) is 5.70 Å². The second-order valence-electron chi connectivity index (χ2n) is 9.20. The van der Waals surface area contributed by atoms with E-state index in [0.717, 1.165) is 9.37 Å². The number of halogens is 1. The third-order valence-corrected chi connectivity index (χ3v) is 7.81. The van der Waals surface area contributed by atoms with Crippen LogP contribution in [0.3, 0.4) is 0 Å². The van der Waals surface area contributed by atoms with E-state index in [2.05, 4.69) is 31.9 Å². The minimum absolute atomic E-state index is 0.0112. The molecule has 0 radical (unpaired) electrons. The molecular formula is C33H30BrN3O5S. The first-order valence-electron chi connectivity index (χ1n) is 13.2. The largest absolute Gasteiger partial charge is 0.493 e. The van der Waals surface area contributed by atoms with Crippen molar-refractivity contribution in [3.05, 3.63) is 118 Å². The quantitative estimate of drug-likeness (QED) is 0.118. The zero-order valence-electron chi connectivity index (χ0n) is 23.7. The van der Waals surface area contributed by atoms with Crippen molar-refractivity contribution in [1.29, 1.82) is 0 Å². The van der Waals surface area contributed by atoms with Gasteiger partial charge in [0.05, 0.1) is 19.5 Å². The molecule has 3 amide bonds. The Morgan fingerprint density at radius 1 is 0.791 bits per heavy atom. The maximum absolute atomic E-state index is 13.5. The van der Waals surface area contributed by atoms with Crippen LogP contribution in [0.15, 0.2) is 112 Å². The van der Waals surface area contributed by atoms with Gasteiger partial charge in [-0.2, -0.15) is 0 Å². The van der Waals surface area contributed by atoms with Gasteiger partial charge in [0.2, 0.25) is 5.91 Å². The number of carbonyl (C=O) groups is 3. The van der Waals surface area contributed by atoms with E-state index in [4.69, 9.17) is 9.47 Å². The molecule has 0 saturated carbocycles. The highest BCUT2D eigenvalue weighted by molar-refractivity contribution is 9.10. The standard InChI is InChI=1S/C33H30BrN3O5S/c1-21(31(38)35-25-14-12-24(34)13-15-25)43-27-18-16-26(17-19-27)36-33(40)28(37-32(39)22-8-5-4-6-9-22)20-23-10-7-11-29(41-2)30(23)42-3/h4-21H,1-3H3,(H,35,38)(H,36,40)(H,37,39)/b28-20-. The first kappa shape index (κ1) is 31.4. The van der Waals surface area contributed by atoms with Gasteiger partial charge in [-0.25, -0.2) is 0 Å². The molecule has 220 valence electrons. The van der Waals surface area contributed by atoms with Crippen molar-refractivity contribution in [1.82, 2.24) is 5.32 Å². The van der Waals surface area contributed by atoms with Crippen LogP contribution in [0.25, 0.3) is 6.08 Å². The van der Waals surface area contributed by atoms with Gasteiger partial charge in [0.25, 0.3) is 11.8 Å². The molecule has 3 N–H and O–H groups in total. The lowest BCUT2D eigenvalue weighted by Crippen LogP contribution is -2.30. The lowest BCUT2D eigenvalue weighted by atomic mass is 10.1. The molecular weight excluding hydrogens is 630 g/mol. The molecule has 0 saturated heterocycles. The van der Waals surface area contributed by atoms with Gasteiger partial charge < -0.3 is 25.4 Å². The predicted octanol–water partition coefficient (Wildman–Crippen LogP) is 7.00. The van der Waals surface area contributed by atoms with Crippen LogP contribution in [-0.2, 0) is 9.59 Å². The van der Waals surface area contributed by atoms with E-state index < -0.39 is 11.8 Å². The van der Waals surface area contributed by atoms with Crippen LogP contribution in [0.4, 0.5) is 11.4 Å². The highest BCUT2D eigenvalue weighted by Crippen LogP contribution is 2.32. The fraction of sp³-hybridized carbons (Fsp3) is 0.121. The molecule has 0 aliphatic rings. The number of carbonyl (C=O) groups excluding carboxylic acids is 3. The number of benzene rings is 4. The number of hydrogen-bond donors (Lipinski definition) is 3. The molecule has 0 bridgehead atoms. The van der Waals surface area contributed by atoms with Crippen molar-refractivity contribution in [3.63, 3.8) is 0 Å². The van der Waals surface area contributed by atoms with Crippen molar-refractivity contribution in [2.75, 3.05) is 24.9 Å². The molecule has 0 heterocycles. The van der Waals surface area contributed by atoms with Gasteiger partial charge in [0, 0.05) is 31.9 Å². The highest BCUT2D eigenvalue weighted by atomic mass is 79.9. The Balaban J connectivity index is 1.49. The molecule has 0 aliphatic heterocycles. The summed E-state index contributed by atoms with van der Waals surface area (Å²) in [6.07, 6.45) is 1.54. The minimum atomic E-state index is -0.531. The zero-order valence-corrected chi connectivity index (χ0v) is 26.1. The summed E-state index contributed by atoms with van der Waals surface area (Å²) in [6, 6.07) is 28.4. The lowest BCUT2D eigenvalue weighted by molar-refractivity contribution is -0.115. The van der Waals surface area contributed by atoms with E-state index >= 15 is 0 Å². The minimum Gasteiger partial charge on any atom is -0.493 e. The van der Waals surface area contributed by atoms with Crippen LogP contribution in [0.1, 0.15) is 22.8 Å². The summed E-state index contributed by atoms with van der Waals surface area (Å²) in [6.45, 7) is 1.83. The first-order valence-corrected chi connectivity index (χ1v) is 14.9. The molecule has 4 aromatic carbocycles. The summed E-state index contributed by atoms with van der Waals surface area (Å²) in [4.78, 5) is 40.0. The van der Waals surface area contributed by atoms with E-state index in [1.54, 1.807) is 60.7 Å². The van der Waals surface area contributed by atoms with Crippen LogP contribution >= 0.6 is 27.7 Å². The van der Waals surface area contributed by atoms with Gasteiger partial charge in [-0.05, 0) is 79.7 Å². The summed E-state index contributed by atoms with van der Waals surface area (Å²) in [5.41, 5.74) is 2.19. The van der Waals surface area contributed by atoms with E-state index in [1.165, 1.54) is 32.1 Å².